The number of carboxylic acid groups (broad SMARTS) is 1. The fourth-order valence-corrected chi connectivity index (χ4v) is 1.89. The van der Waals surface area contributed by atoms with E-state index < -0.39 is 20.0 Å². The standard InChI is InChI=1S/C13H22O4Si/c1-17-12(14)8-6-5-7-11(13(15)16)9-10-18(2,3)4/h11H,5-8H2,1-4H3,(H,15,16). The van der Waals surface area contributed by atoms with E-state index >= 15 is 0 Å². The summed E-state index contributed by atoms with van der Waals surface area (Å²) < 4.78 is 4.52. The molecule has 0 aliphatic heterocycles. The molecular weight excluding hydrogens is 248 g/mol. The van der Waals surface area contributed by atoms with Crippen molar-refractivity contribution in [1.29, 1.82) is 0 Å². The zero-order chi connectivity index (χ0) is 14.2. The highest BCUT2D eigenvalue weighted by atomic mass is 28.3. The number of methoxy groups -OCH3 is 1. The lowest BCUT2D eigenvalue weighted by Crippen LogP contribution is -2.19. The maximum absolute atomic E-state index is 11.0. The number of aliphatic carboxylic acids is 1. The molecular formula is C13H22O4Si. The van der Waals surface area contributed by atoms with Gasteiger partial charge in [0.2, 0.25) is 0 Å². The topological polar surface area (TPSA) is 63.6 Å². The Morgan fingerprint density at radius 2 is 1.89 bits per heavy atom. The molecule has 0 bridgehead atoms. The van der Waals surface area contributed by atoms with Crippen LogP contribution in [-0.2, 0) is 14.3 Å². The van der Waals surface area contributed by atoms with Gasteiger partial charge in [0.15, 0.2) is 0 Å². The Kier molecular flexibility index (Phi) is 7.37. The Hall–Kier alpha value is -1.28. The SMILES string of the molecule is COC(=O)CCCCC(C#C[Si](C)(C)C)C(=O)O. The first-order valence-corrected chi connectivity index (χ1v) is 9.58. The van der Waals surface area contributed by atoms with E-state index in [2.05, 4.69) is 35.8 Å². The number of carbonyl (C=O) groups is 2. The van der Waals surface area contributed by atoms with Gasteiger partial charge in [0.1, 0.15) is 14.0 Å². The third kappa shape index (κ3) is 8.82. The smallest absolute Gasteiger partial charge is 0.318 e. The first kappa shape index (κ1) is 16.7. The van der Waals surface area contributed by atoms with Crippen LogP contribution in [0.25, 0.3) is 0 Å². The van der Waals surface area contributed by atoms with Crippen molar-refractivity contribution in [2.75, 3.05) is 7.11 Å². The van der Waals surface area contributed by atoms with Crippen LogP contribution >= 0.6 is 0 Å². The molecule has 0 aliphatic rings. The third-order valence-corrected chi connectivity index (χ3v) is 3.17. The van der Waals surface area contributed by atoms with E-state index in [0.29, 0.717) is 25.7 Å². The second kappa shape index (κ2) is 7.93. The Labute approximate surface area is 110 Å². The van der Waals surface area contributed by atoms with Gasteiger partial charge in [0, 0.05) is 6.42 Å². The van der Waals surface area contributed by atoms with Gasteiger partial charge in [0.05, 0.1) is 7.11 Å². The molecule has 0 amide bonds. The number of hydrogen-bond acceptors (Lipinski definition) is 3. The van der Waals surface area contributed by atoms with Crippen LogP contribution in [0.4, 0.5) is 0 Å². The number of rotatable bonds is 6. The molecule has 0 rings (SSSR count). The largest absolute Gasteiger partial charge is 0.480 e. The zero-order valence-corrected chi connectivity index (χ0v) is 12.6. The van der Waals surface area contributed by atoms with Gasteiger partial charge in [-0.2, -0.15) is 0 Å². The molecule has 0 aliphatic carbocycles. The number of carbonyl (C=O) groups excluding carboxylic acids is 1. The predicted octanol–water partition coefficient (Wildman–Crippen LogP) is 2.30. The molecule has 0 aromatic carbocycles. The summed E-state index contributed by atoms with van der Waals surface area (Å²) in [5, 5.41) is 9.05. The Morgan fingerprint density at radius 1 is 1.28 bits per heavy atom. The number of ether oxygens (including phenoxy) is 1. The van der Waals surface area contributed by atoms with Gasteiger partial charge in [-0.1, -0.05) is 32.0 Å². The van der Waals surface area contributed by atoms with Crippen LogP contribution in [0.5, 0.6) is 0 Å². The summed E-state index contributed by atoms with van der Waals surface area (Å²) in [6.45, 7) is 6.24. The number of unbranched alkanes of at least 4 members (excludes halogenated alkanes) is 1. The minimum absolute atomic E-state index is 0.255. The maximum atomic E-state index is 11.0. The average molecular weight is 270 g/mol. The van der Waals surface area contributed by atoms with Crippen LogP contribution in [0.2, 0.25) is 19.6 Å². The second-order valence-corrected chi connectivity index (χ2v) is 9.98. The van der Waals surface area contributed by atoms with E-state index in [9.17, 15) is 9.59 Å². The van der Waals surface area contributed by atoms with Crippen LogP contribution in [-0.4, -0.2) is 32.2 Å². The summed E-state index contributed by atoms with van der Waals surface area (Å²) in [6.07, 6.45) is 2.14. The highest BCUT2D eigenvalue weighted by Gasteiger charge is 2.16. The van der Waals surface area contributed by atoms with Crippen LogP contribution in [0, 0.1) is 17.4 Å². The van der Waals surface area contributed by atoms with Crippen molar-refractivity contribution < 1.29 is 19.4 Å². The van der Waals surface area contributed by atoms with Crippen molar-refractivity contribution in [2.24, 2.45) is 5.92 Å². The van der Waals surface area contributed by atoms with E-state index in [-0.39, 0.29) is 5.97 Å². The van der Waals surface area contributed by atoms with Gasteiger partial charge < -0.3 is 9.84 Å². The molecule has 0 aromatic heterocycles. The van der Waals surface area contributed by atoms with Crippen LogP contribution < -0.4 is 0 Å². The predicted molar refractivity (Wildman–Crippen MR) is 72.7 cm³/mol. The van der Waals surface area contributed by atoms with Crippen molar-refractivity contribution in [3.05, 3.63) is 0 Å². The third-order valence-electron chi connectivity index (χ3n) is 2.27. The fourth-order valence-electron chi connectivity index (χ4n) is 1.28. The maximum Gasteiger partial charge on any atom is 0.318 e. The first-order chi connectivity index (χ1) is 8.26. The fraction of sp³-hybridized carbons (Fsp3) is 0.692. The molecule has 0 radical (unpaired) electrons. The molecule has 18 heavy (non-hydrogen) atoms. The van der Waals surface area contributed by atoms with Crippen molar-refractivity contribution in [3.8, 4) is 11.5 Å². The van der Waals surface area contributed by atoms with Crippen molar-refractivity contribution >= 4 is 20.0 Å². The van der Waals surface area contributed by atoms with E-state index in [1.165, 1.54) is 7.11 Å². The van der Waals surface area contributed by atoms with E-state index in [4.69, 9.17) is 5.11 Å². The first-order valence-electron chi connectivity index (χ1n) is 6.08. The molecule has 1 atom stereocenters. The van der Waals surface area contributed by atoms with Crippen molar-refractivity contribution in [1.82, 2.24) is 0 Å². The van der Waals surface area contributed by atoms with Gasteiger partial charge in [-0.25, -0.2) is 0 Å². The molecule has 0 heterocycles. The van der Waals surface area contributed by atoms with Crippen LogP contribution in [0.15, 0.2) is 0 Å². The lowest BCUT2D eigenvalue weighted by atomic mass is 10.0. The van der Waals surface area contributed by atoms with Gasteiger partial charge in [-0.3, -0.25) is 9.59 Å². The Bertz CT molecular complexity index is 346. The summed E-state index contributed by atoms with van der Waals surface area (Å²) >= 11 is 0. The van der Waals surface area contributed by atoms with Crippen molar-refractivity contribution in [3.63, 3.8) is 0 Å². The molecule has 0 saturated carbocycles. The molecule has 0 fully saturated rings. The minimum atomic E-state index is -1.54. The molecule has 0 spiro atoms. The average Bonchev–Trinajstić information content (AvgIpc) is 2.25. The summed E-state index contributed by atoms with van der Waals surface area (Å²) in [7, 11) is -0.187. The molecule has 0 aromatic rings. The lowest BCUT2D eigenvalue weighted by molar-refractivity contribution is -0.140. The summed E-state index contributed by atoms with van der Waals surface area (Å²) in [4.78, 5) is 21.9. The highest BCUT2D eigenvalue weighted by molar-refractivity contribution is 6.83. The Morgan fingerprint density at radius 3 is 2.33 bits per heavy atom. The molecule has 5 heteroatoms. The van der Waals surface area contributed by atoms with Crippen LogP contribution in [0.1, 0.15) is 25.7 Å². The van der Waals surface area contributed by atoms with Gasteiger partial charge in [-0.15, -0.1) is 5.54 Å². The molecule has 102 valence electrons. The highest BCUT2D eigenvalue weighted by Crippen LogP contribution is 2.11. The van der Waals surface area contributed by atoms with Gasteiger partial charge in [0.25, 0.3) is 0 Å². The number of hydrogen-bond donors (Lipinski definition) is 1. The zero-order valence-electron chi connectivity index (χ0n) is 11.6. The number of esters is 1. The molecule has 1 unspecified atom stereocenters. The lowest BCUT2D eigenvalue weighted by Gasteiger charge is -2.08. The molecule has 0 saturated heterocycles. The monoisotopic (exact) mass is 270 g/mol. The molecule has 1 N–H and O–H groups in total. The van der Waals surface area contributed by atoms with E-state index in [1.807, 2.05) is 0 Å². The summed E-state index contributed by atoms with van der Waals surface area (Å²) in [6, 6.07) is 0. The van der Waals surface area contributed by atoms with E-state index in [0.717, 1.165) is 0 Å². The van der Waals surface area contributed by atoms with Gasteiger partial charge >= 0.3 is 11.9 Å². The normalized spacial score (nSPS) is 12.2. The van der Waals surface area contributed by atoms with Gasteiger partial charge in [-0.05, 0) is 12.8 Å². The second-order valence-electron chi connectivity index (χ2n) is 5.23. The summed E-state index contributed by atoms with van der Waals surface area (Å²) in [5.41, 5.74) is 3.08. The van der Waals surface area contributed by atoms with Crippen LogP contribution in [0.3, 0.4) is 0 Å². The van der Waals surface area contributed by atoms with Crippen molar-refractivity contribution in [2.45, 2.75) is 45.3 Å². The number of carboxylic acids is 1. The molecule has 4 nitrogen and oxygen atoms in total. The minimum Gasteiger partial charge on any atom is -0.480 e. The quantitative estimate of drug-likeness (QED) is 0.348. The van der Waals surface area contributed by atoms with E-state index in [1.54, 1.807) is 0 Å². The Balaban J connectivity index is 4.18. The summed E-state index contributed by atoms with van der Waals surface area (Å²) in [5.74, 6) is 1.11.